The molecule has 1 aromatic rings. The fourth-order valence-corrected chi connectivity index (χ4v) is 2.33. The van der Waals surface area contributed by atoms with Gasteiger partial charge in [0.1, 0.15) is 0 Å². The third-order valence-electron chi connectivity index (χ3n) is 3.39. The molecule has 1 atom stereocenters. The highest BCUT2D eigenvalue weighted by Crippen LogP contribution is 2.32. The Bertz CT molecular complexity index is 535. The van der Waals surface area contributed by atoms with Crippen LogP contribution in [0.4, 0.5) is 5.69 Å². The van der Waals surface area contributed by atoms with Crippen LogP contribution in [0.25, 0.3) is 0 Å². The smallest absolute Gasteiger partial charge is 0.270 e. The van der Waals surface area contributed by atoms with E-state index in [4.69, 9.17) is 17.3 Å². The van der Waals surface area contributed by atoms with E-state index in [0.29, 0.717) is 18.0 Å². The highest BCUT2D eigenvalue weighted by molar-refractivity contribution is 6.31. The molecule has 1 aliphatic rings. The molecule has 6 nitrogen and oxygen atoms in total. The second kappa shape index (κ2) is 7.59. The first-order valence-corrected chi connectivity index (χ1v) is 6.81. The average molecular weight is 334 g/mol. The normalized spacial score (nSPS) is 15.0. The van der Waals surface area contributed by atoms with Crippen molar-refractivity contribution in [1.29, 1.82) is 0 Å². The van der Waals surface area contributed by atoms with Gasteiger partial charge in [0.2, 0.25) is 5.91 Å². The van der Waals surface area contributed by atoms with E-state index in [-0.39, 0.29) is 41.5 Å². The van der Waals surface area contributed by atoms with E-state index >= 15 is 0 Å². The van der Waals surface area contributed by atoms with Gasteiger partial charge < -0.3 is 11.1 Å². The van der Waals surface area contributed by atoms with Gasteiger partial charge >= 0.3 is 0 Å². The van der Waals surface area contributed by atoms with Crippen molar-refractivity contribution < 1.29 is 9.72 Å². The van der Waals surface area contributed by atoms with Gasteiger partial charge in [-0.3, -0.25) is 14.9 Å². The van der Waals surface area contributed by atoms with Crippen LogP contribution in [0, 0.1) is 16.0 Å². The molecule has 8 heteroatoms. The second-order valence-corrected chi connectivity index (χ2v) is 5.36. The molecule has 21 heavy (non-hydrogen) atoms. The van der Waals surface area contributed by atoms with E-state index in [1.54, 1.807) is 0 Å². The van der Waals surface area contributed by atoms with Crippen molar-refractivity contribution in [3.05, 3.63) is 38.9 Å². The van der Waals surface area contributed by atoms with Gasteiger partial charge in [-0.15, -0.1) is 12.4 Å². The van der Waals surface area contributed by atoms with Crippen LogP contribution >= 0.6 is 24.0 Å². The van der Waals surface area contributed by atoms with Crippen LogP contribution in [0.15, 0.2) is 18.2 Å². The molecule has 0 heterocycles. The highest BCUT2D eigenvalue weighted by atomic mass is 35.5. The fraction of sp³-hybridized carbons (Fsp3) is 0.462. The number of hydrogen-bond donors (Lipinski definition) is 2. The standard InChI is InChI=1S/C13H16ClN3O3.ClH/c14-11-6-10(17(19)20)4-3-9(11)5-13(18)16-12(7-15)8-1-2-8;/h3-4,6,8,12H,1-2,5,7,15H2,(H,16,18);1H. The third kappa shape index (κ3) is 4.84. The molecule has 1 saturated carbocycles. The summed E-state index contributed by atoms with van der Waals surface area (Å²) in [6.45, 7) is 0.421. The summed E-state index contributed by atoms with van der Waals surface area (Å²) < 4.78 is 0. The molecular formula is C13H17Cl2N3O3. The number of nitro groups is 1. The number of non-ortho nitro benzene ring substituents is 1. The zero-order valence-electron chi connectivity index (χ0n) is 11.3. The van der Waals surface area contributed by atoms with Crippen LogP contribution < -0.4 is 11.1 Å². The van der Waals surface area contributed by atoms with Gasteiger partial charge in [0.15, 0.2) is 0 Å². The minimum Gasteiger partial charge on any atom is -0.352 e. The number of nitrogens with zero attached hydrogens (tertiary/aromatic N) is 1. The zero-order valence-corrected chi connectivity index (χ0v) is 12.8. The van der Waals surface area contributed by atoms with Crippen molar-refractivity contribution in [2.75, 3.05) is 6.54 Å². The lowest BCUT2D eigenvalue weighted by atomic mass is 10.1. The van der Waals surface area contributed by atoms with E-state index in [0.717, 1.165) is 12.8 Å². The molecule has 1 amide bonds. The topological polar surface area (TPSA) is 98.3 Å². The Balaban J connectivity index is 0.00000220. The number of amides is 1. The van der Waals surface area contributed by atoms with Gasteiger partial charge in [-0.1, -0.05) is 17.7 Å². The molecule has 2 rings (SSSR count). The summed E-state index contributed by atoms with van der Waals surface area (Å²) in [5.74, 6) is 0.319. The van der Waals surface area contributed by atoms with Crippen molar-refractivity contribution in [3.8, 4) is 0 Å². The predicted molar refractivity (Wildman–Crippen MR) is 82.8 cm³/mol. The van der Waals surface area contributed by atoms with Crippen LogP contribution in [-0.4, -0.2) is 23.4 Å². The Hall–Kier alpha value is -1.37. The average Bonchev–Trinajstić information content (AvgIpc) is 3.22. The van der Waals surface area contributed by atoms with Gasteiger partial charge in [0.05, 0.1) is 16.4 Å². The maximum atomic E-state index is 11.9. The summed E-state index contributed by atoms with van der Waals surface area (Å²) in [6, 6.07) is 4.12. The van der Waals surface area contributed by atoms with Crippen molar-refractivity contribution in [3.63, 3.8) is 0 Å². The number of halogens is 2. The Morgan fingerprint density at radius 1 is 1.52 bits per heavy atom. The molecule has 0 spiro atoms. The Morgan fingerprint density at radius 2 is 2.19 bits per heavy atom. The van der Waals surface area contributed by atoms with E-state index < -0.39 is 4.92 Å². The van der Waals surface area contributed by atoms with Crippen LogP contribution in [0.2, 0.25) is 5.02 Å². The largest absolute Gasteiger partial charge is 0.352 e. The molecule has 0 saturated heterocycles. The van der Waals surface area contributed by atoms with E-state index in [9.17, 15) is 14.9 Å². The lowest BCUT2D eigenvalue weighted by molar-refractivity contribution is -0.384. The summed E-state index contributed by atoms with van der Waals surface area (Å²) in [6.07, 6.45) is 2.29. The van der Waals surface area contributed by atoms with E-state index in [1.807, 2.05) is 0 Å². The molecule has 1 fully saturated rings. The first-order valence-electron chi connectivity index (χ1n) is 6.43. The van der Waals surface area contributed by atoms with Crippen LogP contribution in [0.5, 0.6) is 0 Å². The maximum absolute atomic E-state index is 11.9. The minimum atomic E-state index is -0.521. The Morgan fingerprint density at radius 3 is 2.67 bits per heavy atom. The number of carbonyl (C=O) groups excluding carboxylic acids is 1. The SMILES string of the molecule is Cl.NCC(NC(=O)Cc1ccc([N+](=O)[O-])cc1Cl)C1CC1. The van der Waals surface area contributed by atoms with E-state index in [2.05, 4.69) is 5.32 Å². The summed E-state index contributed by atoms with van der Waals surface area (Å²) >= 11 is 5.95. The lowest BCUT2D eigenvalue weighted by Crippen LogP contribution is -2.42. The Kier molecular flexibility index (Phi) is 6.39. The molecule has 0 aliphatic heterocycles. The molecule has 0 bridgehead atoms. The van der Waals surface area contributed by atoms with Crippen molar-refractivity contribution in [1.82, 2.24) is 5.32 Å². The lowest BCUT2D eigenvalue weighted by Gasteiger charge is -2.16. The molecule has 0 aromatic heterocycles. The molecule has 1 aromatic carbocycles. The molecule has 116 valence electrons. The number of benzene rings is 1. The van der Waals surface area contributed by atoms with Crippen LogP contribution in [-0.2, 0) is 11.2 Å². The van der Waals surface area contributed by atoms with Crippen molar-refractivity contribution in [2.24, 2.45) is 11.7 Å². The predicted octanol–water partition coefficient (Wildman–Crippen LogP) is 2.07. The van der Waals surface area contributed by atoms with Gasteiger partial charge in [-0.2, -0.15) is 0 Å². The molecular weight excluding hydrogens is 317 g/mol. The number of nitrogens with one attached hydrogen (secondary N) is 1. The first-order chi connectivity index (χ1) is 9.51. The van der Waals surface area contributed by atoms with Crippen LogP contribution in [0.3, 0.4) is 0 Å². The Labute approximate surface area is 133 Å². The second-order valence-electron chi connectivity index (χ2n) is 4.96. The van der Waals surface area contributed by atoms with E-state index in [1.165, 1.54) is 18.2 Å². The number of carbonyl (C=O) groups is 1. The third-order valence-corrected chi connectivity index (χ3v) is 3.74. The first kappa shape index (κ1) is 17.7. The fourth-order valence-electron chi connectivity index (χ4n) is 2.09. The number of nitrogens with two attached hydrogens (primary N) is 1. The minimum absolute atomic E-state index is 0. The summed E-state index contributed by atoms with van der Waals surface area (Å²) in [7, 11) is 0. The summed E-state index contributed by atoms with van der Waals surface area (Å²) in [4.78, 5) is 22.0. The monoisotopic (exact) mass is 333 g/mol. The molecule has 0 radical (unpaired) electrons. The van der Waals surface area contributed by atoms with Crippen LogP contribution in [0.1, 0.15) is 18.4 Å². The van der Waals surface area contributed by atoms with Gasteiger partial charge in [-0.05, 0) is 24.3 Å². The van der Waals surface area contributed by atoms with Gasteiger partial charge in [0.25, 0.3) is 5.69 Å². The zero-order chi connectivity index (χ0) is 14.7. The van der Waals surface area contributed by atoms with Crippen molar-refractivity contribution >= 4 is 35.6 Å². The molecule has 3 N–H and O–H groups in total. The maximum Gasteiger partial charge on any atom is 0.270 e. The molecule has 1 unspecified atom stereocenters. The number of nitro benzene ring substituents is 1. The van der Waals surface area contributed by atoms with Crippen molar-refractivity contribution in [2.45, 2.75) is 25.3 Å². The summed E-state index contributed by atoms with van der Waals surface area (Å²) in [5.41, 5.74) is 6.11. The quantitative estimate of drug-likeness (QED) is 0.614. The van der Waals surface area contributed by atoms with Gasteiger partial charge in [-0.25, -0.2) is 0 Å². The molecule has 1 aliphatic carbocycles. The number of hydrogen-bond acceptors (Lipinski definition) is 4. The van der Waals surface area contributed by atoms with Gasteiger partial charge in [0, 0.05) is 24.7 Å². The summed E-state index contributed by atoms with van der Waals surface area (Å²) in [5, 5.41) is 13.7. The number of rotatable bonds is 6. The highest BCUT2D eigenvalue weighted by Gasteiger charge is 2.31.